The molecule has 0 saturated heterocycles. The molecule has 2 heterocycles. The molecule has 1 aromatic carbocycles. The van der Waals surface area contributed by atoms with Gasteiger partial charge in [-0.1, -0.05) is 6.07 Å². The first-order valence-electron chi connectivity index (χ1n) is 6.40. The van der Waals surface area contributed by atoms with Crippen LogP contribution in [0.2, 0.25) is 0 Å². The van der Waals surface area contributed by atoms with Crippen LogP contribution in [0.3, 0.4) is 0 Å². The number of carboxylic acid groups (broad SMARTS) is 1. The molecule has 3 aromatic rings. The van der Waals surface area contributed by atoms with Crippen molar-refractivity contribution in [3.63, 3.8) is 0 Å². The molecule has 0 unspecified atom stereocenters. The number of hydrogen-bond acceptors (Lipinski definition) is 6. The fourth-order valence-electron chi connectivity index (χ4n) is 2.18. The molecule has 8 heteroatoms. The Morgan fingerprint density at radius 3 is 2.95 bits per heavy atom. The number of carbonyl (C=O) groups excluding carboxylic acids is 1. The van der Waals surface area contributed by atoms with Gasteiger partial charge in [-0.3, -0.25) is 4.40 Å². The number of aromatic carboxylic acids is 1. The molecule has 0 saturated carbocycles. The third-order valence-electron chi connectivity index (χ3n) is 3.18. The largest absolute Gasteiger partial charge is 1.00 e. The molecule has 1 N–H and O–H groups in total. The predicted octanol–water partition coefficient (Wildman–Crippen LogP) is -2.69. The molecule has 0 radical (unpaired) electrons. The number of carbonyl (C=O) groups is 1. The average molecular weight is 292 g/mol. The molecule has 3 rings (SSSR count). The number of benzene rings is 1. The van der Waals surface area contributed by atoms with Gasteiger partial charge in [0.1, 0.15) is 5.52 Å². The van der Waals surface area contributed by atoms with Gasteiger partial charge in [-0.15, -0.1) is 0 Å². The van der Waals surface area contributed by atoms with E-state index < -0.39 is 5.97 Å². The normalized spacial score (nSPS) is 10.6. The maximum atomic E-state index is 11.0. The fraction of sp³-hybridized carbons (Fsp3) is 0.214. The van der Waals surface area contributed by atoms with Gasteiger partial charge in [0.15, 0.2) is 5.82 Å². The standard InChI is InChI=1S/C14H14N4O3.Li/c1-21-5-4-16-13-12-7-15-8-18(12)11-6-9(14(19)20)2-3-10(11)17-13;/h2-3,6-8H,4-5H2,1H3,(H,16,17)(H,19,20);/q;+1/p-1. The van der Waals surface area contributed by atoms with Crippen molar-refractivity contribution >= 4 is 28.3 Å². The van der Waals surface area contributed by atoms with Crippen molar-refractivity contribution in [2.75, 3.05) is 25.6 Å². The summed E-state index contributed by atoms with van der Waals surface area (Å²) in [6.45, 7) is 1.18. The number of nitrogens with one attached hydrogen (secondary N) is 1. The van der Waals surface area contributed by atoms with E-state index in [1.807, 2.05) is 0 Å². The first-order chi connectivity index (χ1) is 10.2. The van der Waals surface area contributed by atoms with Crippen LogP contribution in [0.15, 0.2) is 30.7 Å². The van der Waals surface area contributed by atoms with Crippen LogP contribution >= 0.6 is 0 Å². The molecule has 0 amide bonds. The number of rotatable bonds is 5. The number of aromatic nitrogens is 3. The van der Waals surface area contributed by atoms with Crippen molar-refractivity contribution in [1.29, 1.82) is 0 Å². The fourth-order valence-corrected chi connectivity index (χ4v) is 2.18. The Morgan fingerprint density at radius 1 is 1.41 bits per heavy atom. The third-order valence-corrected chi connectivity index (χ3v) is 3.18. The van der Waals surface area contributed by atoms with E-state index in [2.05, 4.69) is 15.3 Å². The van der Waals surface area contributed by atoms with Gasteiger partial charge in [-0.05, 0) is 17.7 Å². The molecule has 108 valence electrons. The van der Waals surface area contributed by atoms with E-state index in [1.54, 1.807) is 30.1 Å². The number of ether oxygens (including phenoxy) is 1. The van der Waals surface area contributed by atoms with Crippen LogP contribution < -0.4 is 29.3 Å². The van der Waals surface area contributed by atoms with Gasteiger partial charge in [-0.2, -0.15) is 0 Å². The summed E-state index contributed by atoms with van der Waals surface area (Å²) in [5.74, 6) is -0.536. The molecule has 22 heavy (non-hydrogen) atoms. The third kappa shape index (κ3) is 2.92. The zero-order chi connectivity index (χ0) is 14.8. The van der Waals surface area contributed by atoms with Crippen LogP contribution in [-0.4, -0.2) is 40.6 Å². The number of methoxy groups -OCH3 is 1. The van der Waals surface area contributed by atoms with Crippen LogP contribution in [0, 0.1) is 0 Å². The SMILES string of the molecule is COCCNc1nc2ccc(C(=O)[O-])cc2n2cncc12.[Li+]. The number of fused-ring (bicyclic) bond motifs is 3. The minimum absolute atomic E-state index is 0. The van der Waals surface area contributed by atoms with Crippen molar-refractivity contribution in [1.82, 2.24) is 14.4 Å². The second-order valence-corrected chi connectivity index (χ2v) is 4.52. The van der Waals surface area contributed by atoms with Crippen LogP contribution in [0.5, 0.6) is 0 Å². The van der Waals surface area contributed by atoms with Crippen molar-refractivity contribution < 1.29 is 33.5 Å². The number of imidazole rings is 1. The van der Waals surface area contributed by atoms with E-state index in [4.69, 9.17) is 4.74 Å². The Morgan fingerprint density at radius 2 is 2.23 bits per heavy atom. The maximum Gasteiger partial charge on any atom is 1.00 e. The topological polar surface area (TPSA) is 91.6 Å². The van der Waals surface area contributed by atoms with Crippen molar-refractivity contribution in [2.24, 2.45) is 0 Å². The molecular weight excluding hydrogens is 279 g/mol. The molecule has 0 fully saturated rings. The summed E-state index contributed by atoms with van der Waals surface area (Å²) in [6.07, 6.45) is 3.30. The summed E-state index contributed by atoms with van der Waals surface area (Å²) in [5, 5.41) is 14.2. The van der Waals surface area contributed by atoms with E-state index in [9.17, 15) is 9.90 Å². The molecule has 7 nitrogen and oxygen atoms in total. The predicted molar refractivity (Wildman–Crippen MR) is 75.2 cm³/mol. The van der Waals surface area contributed by atoms with Crippen LogP contribution in [0.1, 0.15) is 10.4 Å². The van der Waals surface area contributed by atoms with Gasteiger partial charge in [0, 0.05) is 13.7 Å². The zero-order valence-electron chi connectivity index (χ0n) is 12.4. The van der Waals surface area contributed by atoms with Crippen LogP contribution in [-0.2, 0) is 4.74 Å². The summed E-state index contributed by atoms with van der Waals surface area (Å²) in [4.78, 5) is 19.6. The van der Waals surface area contributed by atoms with Crippen molar-refractivity contribution in [3.8, 4) is 0 Å². The molecule has 0 aliphatic carbocycles. The Kier molecular flexibility index (Phi) is 5.03. The van der Waals surface area contributed by atoms with Gasteiger partial charge < -0.3 is 20.0 Å². The molecule has 0 bridgehead atoms. The Balaban J connectivity index is 0.00000176. The van der Waals surface area contributed by atoms with Crippen molar-refractivity contribution in [3.05, 3.63) is 36.3 Å². The summed E-state index contributed by atoms with van der Waals surface area (Å²) in [6, 6.07) is 4.67. The van der Waals surface area contributed by atoms with Crippen LogP contribution in [0.25, 0.3) is 16.6 Å². The quantitative estimate of drug-likeness (QED) is 0.407. The second-order valence-electron chi connectivity index (χ2n) is 4.52. The summed E-state index contributed by atoms with van der Waals surface area (Å²) in [7, 11) is 1.63. The van der Waals surface area contributed by atoms with Gasteiger partial charge in [0.05, 0.1) is 36.1 Å². The van der Waals surface area contributed by atoms with E-state index in [0.29, 0.717) is 30.0 Å². The monoisotopic (exact) mass is 292 g/mol. The number of carboxylic acids is 1. The van der Waals surface area contributed by atoms with Gasteiger partial charge in [-0.25, -0.2) is 9.97 Å². The minimum atomic E-state index is -1.22. The van der Waals surface area contributed by atoms with Crippen molar-refractivity contribution in [2.45, 2.75) is 0 Å². The summed E-state index contributed by atoms with van der Waals surface area (Å²) < 4.78 is 6.80. The molecule has 0 aliphatic heterocycles. The smallest absolute Gasteiger partial charge is 0.545 e. The molecule has 0 atom stereocenters. The van der Waals surface area contributed by atoms with Gasteiger partial charge in [0.2, 0.25) is 0 Å². The van der Waals surface area contributed by atoms with Crippen LogP contribution in [0.4, 0.5) is 5.82 Å². The molecular formula is C14H13LiN4O3. The average Bonchev–Trinajstić information content (AvgIpc) is 2.97. The molecule has 0 spiro atoms. The Hall–Kier alpha value is -2.07. The van der Waals surface area contributed by atoms with E-state index in [-0.39, 0.29) is 24.4 Å². The summed E-state index contributed by atoms with van der Waals surface area (Å²) >= 11 is 0. The van der Waals surface area contributed by atoms with Gasteiger partial charge >= 0.3 is 18.9 Å². The van der Waals surface area contributed by atoms with E-state index >= 15 is 0 Å². The molecule has 2 aromatic heterocycles. The number of nitrogens with zero attached hydrogens (tertiary/aromatic N) is 3. The zero-order valence-corrected chi connectivity index (χ0v) is 12.4. The first kappa shape index (κ1) is 16.3. The Bertz CT molecular complexity index is 818. The number of anilines is 1. The molecule has 0 aliphatic rings. The van der Waals surface area contributed by atoms with Gasteiger partial charge in [0.25, 0.3) is 0 Å². The van der Waals surface area contributed by atoms with E-state index in [1.165, 1.54) is 12.1 Å². The number of hydrogen-bond donors (Lipinski definition) is 1. The summed E-state index contributed by atoms with van der Waals surface area (Å²) in [5.41, 5.74) is 2.22. The Labute approximate surface area is 138 Å². The van der Waals surface area contributed by atoms with E-state index in [0.717, 1.165) is 5.52 Å². The second kappa shape index (κ2) is 6.79. The first-order valence-corrected chi connectivity index (χ1v) is 6.40. The minimum Gasteiger partial charge on any atom is -0.545 e. The maximum absolute atomic E-state index is 11.0.